The number of imidazole rings is 1. The minimum atomic E-state index is -2.58. The first-order chi connectivity index (χ1) is 14.3. The second-order valence-electron chi connectivity index (χ2n) is 7.76. The molecular formula is C22H23F3N4O. The maximum absolute atomic E-state index is 13.7. The molecule has 0 unspecified atom stereocenters. The third-order valence-corrected chi connectivity index (χ3v) is 5.62. The molecule has 2 N–H and O–H groups in total. The number of anilines is 2. The molecule has 8 heteroatoms. The van der Waals surface area contributed by atoms with Crippen LogP contribution in [0.15, 0.2) is 42.5 Å². The van der Waals surface area contributed by atoms with Crippen molar-refractivity contribution in [1.82, 2.24) is 14.9 Å². The van der Waals surface area contributed by atoms with Crippen molar-refractivity contribution >= 4 is 28.6 Å². The van der Waals surface area contributed by atoms with Crippen molar-refractivity contribution in [3.63, 3.8) is 0 Å². The third kappa shape index (κ3) is 4.27. The smallest absolute Gasteiger partial charge is 0.251 e. The molecule has 0 spiro atoms. The molecule has 5 nitrogen and oxygen atoms in total. The predicted octanol–water partition coefficient (Wildman–Crippen LogP) is 5.10. The first-order valence-corrected chi connectivity index (χ1v) is 9.97. The van der Waals surface area contributed by atoms with E-state index in [1.165, 1.54) is 12.1 Å². The van der Waals surface area contributed by atoms with Crippen LogP contribution in [0.2, 0.25) is 0 Å². The lowest BCUT2D eigenvalue weighted by Crippen LogP contribution is -2.27. The lowest BCUT2D eigenvalue weighted by atomic mass is 9.86. The van der Waals surface area contributed by atoms with Gasteiger partial charge < -0.3 is 15.2 Å². The van der Waals surface area contributed by atoms with Gasteiger partial charge in [-0.05, 0) is 55.2 Å². The number of alkyl halides is 2. The van der Waals surface area contributed by atoms with Gasteiger partial charge in [-0.3, -0.25) is 4.79 Å². The van der Waals surface area contributed by atoms with Gasteiger partial charge in [-0.25, -0.2) is 18.2 Å². The van der Waals surface area contributed by atoms with Crippen LogP contribution in [0.25, 0.3) is 11.0 Å². The SMILES string of the molecule is CNC(=O)c1ccc(Nc2nc3cc(F)ccc3n2CC2CCC(F)(F)CC2)cc1. The van der Waals surface area contributed by atoms with Gasteiger partial charge in [0.15, 0.2) is 0 Å². The molecule has 0 aliphatic heterocycles. The molecule has 1 heterocycles. The number of hydrogen-bond donors (Lipinski definition) is 2. The van der Waals surface area contributed by atoms with Gasteiger partial charge in [-0.1, -0.05) is 0 Å². The largest absolute Gasteiger partial charge is 0.355 e. The number of amides is 1. The van der Waals surface area contributed by atoms with Crippen LogP contribution in [0.4, 0.5) is 24.8 Å². The number of aromatic nitrogens is 2. The Morgan fingerprint density at radius 2 is 1.87 bits per heavy atom. The highest BCUT2D eigenvalue weighted by Gasteiger charge is 2.35. The van der Waals surface area contributed by atoms with E-state index in [1.54, 1.807) is 37.4 Å². The Hall–Kier alpha value is -3.03. The van der Waals surface area contributed by atoms with E-state index in [-0.39, 0.29) is 30.5 Å². The van der Waals surface area contributed by atoms with Crippen molar-refractivity contribution < 1.29 is 18.0 Å². The summed E-state index contributed by atoms with van der Waals surface area (Å²) in [4.78, 5) is 16.2. The Balaban J connectivity index is 1.62. The molecular weight excluding hydrogens is 393 g/mol. The summed E-state index contributed by atoms with van der Waals surface area (Å²) in [5.74, 6) is -2.53. The summed E-state index contributed by atoms with van der Waals surface area (Å²) in [7, 11) is 1.57. The number of halogens is 3. The average molecular weight is 416 g/mol. The molecule has 1 aliphatic rings. The lowest BCUT2D eigenvalue weighted by Gasteiger charge is -2.29. The van der Waals surface area contributed by atoms with E-state index < -0.39 is 5.92 Å². The van der Waals surface area contributed by atoms with E-state index >= 15 is 0 Å². The van der Waals surface area contributed by atoms with Crippen LogP contribution in [-0.2, 0) is 6.54 Å². The highest BCUT2D eigenvalue weighted by Crippen LogP contribution is 2.38. The van der Waals surface area contributed by atoms with Gasteiger partial charge in [0.2, 0.25) is 11.9 Å². The van der Waals surface area contributed by atoms with E-state index in [9.17, 15) is 18.0 Å². The Morgan fingerprint density at radius 1 is 1.17 bits per heavy atom. The number of carbonyl (C=O) groups excluding carboxylic acids is 1. The van der Waals surface area contributed by atoms with E-state index in [1.807, 2.05) is 4.57 Å². The molecule has 0 atom stereocenters. The van der Waals surface area contributed by atoms with Gasteiger partial charge in [0.05, 0.1) is 11.0 Å². The fraction of sp³-hybridized carbons (Fsp3) is 0.364. The van der Waals surface area contributed by atoms with Crippen molar-refractivity contribution in [2.45, 2.75) is 38.2 Å². The van der Waals surface area contributed by atoms with Crippen LogP contribution >= 0.6 is 0 Å². The van der Waals surface area contributed by atoms with Crippen LogP contribution in [-0.4, -0.2) is 28.4 Å². The van der Waals surface area contributed by atoms with Crippen LogP contribution in [0.5, 0.6) is 0 Å². The summed E-state index contributed by atoms with van der Waals surface area (Å²) in [6, 6.07) is 11.3. The normalized spacial score (nSPS) is 16.5. The van der Waals surface area contributed by atoms with Crippen molar-refractivity contribution in [2.75, 3.05) is 12.4 Å². The Labute approximate surface area is 172 Å². The topological polar surface area (TPSA) is 59.0 Å². The molecule has 4 rings (SSSR count). The molecule has 1 saturated carbocycles. The Morgan fingerprint density at radius 3 is 2.53 bits per heavy atom. The standard InChI is InChI=1S/C22H23F3N4O/c1-26-20(30)15-2-5-17(6-3-15)27-21-28-18-12-16(23)4-7-19(18)29(21)13-14-8-10-22(24,25)11-9-14/h2-7,12,14H,8-11,13H2,1H3,(H,26,30)(H,27,28). The first kappa shape index (κ1) is 20.3. The zero-order chi connectivity index (χ0) is 21.3. The highest BCUT2D eigenvalue weighted by molar-refractivity contribution is 5.94. The van der Waals surface area contributed by atoms with Gasteiger partial charge in [0.1, 0.15) is 5.82 Å². The van der Waals surface area contributed by atoms with E-state index in [0.29, 0.717) is 36.4 Å². The summed E-state index contributed by atoms with van der Waals surface area (Å²) < 4.78 is 42.7. The molecule has 158 valence electrons. The second-order valence-corrected chi connectivity index (χ2v) is 7.76. The minimum Gasteiger partial charge on any atom is -0.355 e. The number of nitrogens with one attached hydrogen (secondary N) is 2. The lowest BCUT2D eigenvalue weighted by molar-refractivity contribution is -0.0471. The molecule has 1 aromatic heterocycles. The number of fused-ring (bicyclic) bond motifs is 1. The molecule has 1 aliphatic carbocycles. The molecule has 0 radical (unpaired) electrons. The number of nitrogens with zero attached hydrogens (tertiary/aromatic N) is 2. The summed E-state index contributed by atoms with van der Waals surface area (Å²) in [5, 5.41) is 5.79. The van der Waals surface area contributed by atoms with Crippen LogP contribution in [0.1, 0.15) is 36.0 Å². The van der Waals surface area contributed by atoms with Crippen molar-refractivity contribution in [3.8, 4) is 0 Å². The Bertz CT molecular complexity index is 1050. The monoisotopic (exact) mass is 416 g/mol. The summed E-state index contributed by atoms with van der Waals surface area (Å²) in [5.41, 5.74) is 2.50. The molecule has 1 amide bonds. The second kappa shape index (κ2) is 8.01. The molecule has 0 saturated heterocycles. The van der Waals surface area contributed by atoms with E-state index in [4.69, 9.17) is 0 Å². The molecule has 30 heavy (non-hydrogen) atoms. The molecule has 1 fully saturated rings. The van der Waals surface area contributed by atoms with E-state index in [0.717, 1.165) is 11.2 Å². The van der Waals surface area contributed by atoms with Crippen molar-refractivity contribution in [1.29, 1.82) is 0 Å². The van der Waals surface area contributed by atoms with Crippen molar-refractivity contribution in [2.24, 2.45) is 5.92 Å². The number of hydrogen-bond acceptors (Lipinski definition) is 3. The Kier molecular flexibility index (Phi) is 5.40. The molecule has 3 aromatic rings. The summed E-state index contributed by atoms with van der Waals surface area (Å²) in [6.07, 6.45) is 0.660. The highest BCUT2D eigenvalue weighted by atomic mass is 19.3. The van der Waals surface area contributed by atoms with Gasteiger partial charge in [-0.2, -0.15) is 0 Å². The quantitative estimate of drug-likeness (QED) is 0.608. The van der Waals surface area contributed by atoms with Crippen LogP contribution in [0.3, 0.4) is 0 Å². The van der Waals surface area contributed by atoms with Gasteiger partial charge in [0.25, 0.3) is 5.91 Å². The maximum Gasteiger partial charge on any atom is 0.251 e. The van der Waals surface area contributed by atoms with Gasteiger partial charge in [-0.15, -0.1) is 0 Å². The molecule has 2 aromatic carbocycles. The average Bonchev–Trinajstić information content (AvgIpc) is 3.05. The first-order valence-electron chi connectivity index (χ1n) is 9.97. The van der Waals surface area contributed by atoms with Crippen LogP contribution < -0.4 is 10.6 Å². The fourth-order valence-corrected chi connectivity index (χ4v) is 3.90. The zero-order valence-corrected chi connectivity index (χ0v) is 16.6. The third-order valence-electron chi connectivity index (χ3n) is 5.62. The van der Waals surface area contributed by atoms with E-state index in [2.05, 4.69) is 15.6 Å². The van der Waals surface area contributed by atoms with Crippen LogP contribution in [0, 0.1) is 11.7 Å². The zero-order valence-electron chi connectivity index (χ0n) is 16.6. The minimum absolute atomic E-state index is 0.100. The summed E-state index contributed by atoms with van der Waals surface area (Å²) in [6.45, 7) is 0.525. The van der Waals surface area contributed by atoms with Crippen molar-refractivity contribution in [3.05, 3.63) is 53.8 Å². The van der Waals surface area contributed by atoms with Gasteiger partial charge >= 0.3 is 0 Å². The molecule has 0 bridgehead atoms. The number of benzene rings is 2. The fourth-order valence-electron chi connectivity index (χ4n) is 3.90. The number of carbonyl (C=O) groups is 1. The summed E-state index contributed by atoms with van der Waals surface area (Å²) >= 11 is 0. The number of rotatable bonds is 5. The van der Waals surface area contributed by atoms with Gasteiger partial charge in [0, 0.05) is 43.8 Å². The predicted molar refractivity (Wildman–Crippen MR) is 110 cm³/mol. The maximum atomic E-state index is 13.7.